The first-order valence-corrected chi connectivity index (χ1v) is 9.29. The zero-order chi connectivity index (χ0) is 17.8. The number of aromatic nitrogens is 1. The molecule has 1 N–H and O–H groups in total. The number of hydrogen-bond acceptors (Lipinski definition) is 4. The Morgan fingerprint density at radius 3 is 3.00 bits per heavy atom. The van der Waals surface area contributed by atoms with Gasteiger partial charge < -0.3 is 10.2 Å². The maximum atomic E-state index is 12.9. The number of benzene rings is 1. The van der Waals surface area contributed by atoms with E-state index >= 15 is 0 Å². The number of fused-ring (bicyclic) bond motifs is 1. The monoisotopic (exact) mass is 355 g/mol. The molecule has 130 valence electrons. The number of anilines is 1. The number of hydrogen-bond donors (Lipinski definition) is 1. The molecule has 25 heavy (non-hydrogen) atoms. The van der Waals surface area contributed by atoms with Crippen LogP contribution in [0.4, 0.5) is 5.69 Å². The molecule has 1 atom stereocenters. The molecule has 0 bridgehead atoms. The number of rotatable bonds is 5. The zero-order valence-corrected chi connectivity index (χ0v) is 15.0. The summed E-state index contributed by atoms with van der Waals surface area (Å²) < 4.78 is 0. The van der Waals surface area contributed by atoms with Crippen LogP contribution in [0.15, 0.2) is 42.4 Å². The van der Waals surface area contributed by atoms with Crippen molar-refractivity contribution in [3.63, 3.8) is 0 Å². The van der Waals surface area contributed by atoms with Gasteiger partial charge in [-0.25, -0.2) is 4.98 Å². The van der Waals surface area contributed by atoms with Gasteiger partial charge in [0.15, 0.2) is 0 Å². The highest BCUT2D eigenvalue weighted by Crippen LogP contribution is 2.30. The number of nitrogens with one attached hydrogen (secondary N) is 1. The normalized spacial score (nSPS) is 14.5. The highest BCUT2D eigenvalue weighted by molar-refractivity contribution is 7.09. The highest BCUT2D eigenvalue weighted by atomic mass is 32.1. The molecule has 1 aliphatic heterocycles. The summed E-state index contributed by atoms with van der Waals surface area (Å²) in [5.74, 6) is -0.250. The third-order valence-corrected chi connectivity index (χ3v) is 5.29. The second kappa shape index (κ2) is 7.61. The molecule has 2 aromatic rings. The maximum Gasteiger partial charge on any atom is 0.252 e. The summed E-state index contributed by atoms with van der Waals surface area (Å²) in [5, 5.41) is 5.90. The van der Waals surface area contributed by atoms with Crippen LogP contribution in [0.2, 0.25) is 0 Å². The number of carbonyl (C=O) groups is 2. The van der Waals surface area contributed by atoms with Crippen molar-refractivity contribution in [3.05, 3.63) is 58.6 Å². The average Bonchev–Trinajstić information content (AvgIpc) is 3.18. The van der Waals surface area contributed by atoms with Gasteiger partial charge in [0.2, 0.25) is 5.91 Å². The molecule has 1 aliphatic rings. The van der Waals surface area contributed by atoms with Gasteiger partial charge in [0, 0.05) is 29.4 Å². The Labute approximate surface area is 151 Å². The molecule has 1 unspecified atom stereocenters. The largest absolute Gasteiger partial charge is 0.343 e. The van der Waals surface area contributed by atoms with E-state index in [0.29, 0.717) is 12.1 Å². The molecule has 0 saturated carbocycles. The quantitative estimate of drug-likeness (QED) is 0.835. The summed E-state index contributed by atoms with van der Waals surface area (Å²) >= 11 is 1.54. The van der Waals surface area contributed by atoms with Crippen LogP contribution in [0.1, 0.15) is 46.7 Å². The average molecular weight is 355 g/mol. The van der Waals surface area contributed by atoms with Crippen molar-refractivity contribution in [2.24, 2.45) is 0 Å². The summed E-state index contributed by atoms with van der Waals surface area (Å²) in [6, 6.07) is 5.44. The standard InChI is InChI=1S/C19H21N3O2S/c1-3-15(19-20-10-12-25-19)21-18(24)14-7-5-9-16-13(14)8-6-11-22(16)17(23)4-2/h4-5,7,9-10,12,15H,2-3,6,8,11H2,1H3,(H,21,24). The van der Waals surface area contributed by atoms with Gasteiger partial charge in [-0.15, -0.1) is 11.3 Å². The Bertz CT molecular complexity index is 786. The van der Waals surface area contributed by atoms with Gasteiger partial charge in [-0.3, -0.25) is 9.59 Å². The van der Waals surface area contributed by atoms with E-state index in [1.165, 1.54) is 17.4 Å². The Morgan fingerprint density at radius 2 is 2.32 bits per heavy atom. The minimum atomic E-state index is -0.132. The van der Waals surface area contributed by atoms with Crippen molar-refractivity contribution in [2.45, 2.75) is 32.2 Å². The smallest absolute Gasteiger partial charge is 0.252 e. The van der Waals surface area contributed by atoms with E-state index in [-0.39, 0.29) is 17.9 Å². The third-order valence-electron chi connectivity index (χ3n) is 4.40. The number of nitrogens with zero attached hydrogens (tertiary/aromatic N) is 2. The topological polar surface area (TPSA) is 62.3 Å². The molecule has 1 aromatic carbocycles. The van der Waals surface area contributed by atoms with Gasteiger partial charge in [-0.1, -0.05) is 19.6 Å². The van der Waals surface area contributed by atoms with Crippen LogP contribution < -0.4 is 10.2 Å². The van der Waals surface area contributed by atoms with Crippen LogP contribution in [-0.2, 0) is 11.2 Å². The van der Waals surface area contributed by atoms with E-state index in [9.17, 15) is 9.59 Å². The van der Waals surface area contributed by atoms with Crippen molar-refractivity contribution in [1.29, 1.82) is 0 Å². The van der Waals surface area contributed by atoms with Crippen LogP contribution in [0.3, 0.4) is 0 Å². The highest BCUT2D eigenvalue weighted by Gasteiger charge is 2.26. The summed E-state index contributed by atoms with van der Waals surface area (Å²) in [6.45, 7) is 6.25. The fraction of sp³-hybridized carbons (Fsp3) is 0.316. The van der Waals surface area contributed by atoms with Gasteiger partial charge in [-0.2, -0.15) is 0 Å². The van der Waals surface area contributed by atoms with Crippen LogP contribution in [0.25, 0.3) is 0 Å². The van der Waals surface area contributed by atoms with E-state index in [1.807, 2.05) is 30.5 Å². The van der Waals surface area contributed by atoms with Crippen molar-refractivity contribution in [1.82, 2.24) is 10.3 Å². The summed E-state index contributed by atoms with van der Waals surface area (Å²) in [5.41, 5.74) is 2.37. The van der Waals surface area contributed by atoms with E-state index in [1.54, 1.807) is 11.1 Å². The Balaban J connectivity index is 1.89. The molecule has 3 rings (SSSR count). The lowest BCUT2D eigenvalue weighted by Gasteiger charge is -2.30. The molecule has 0 fully saturated rings. The molecule has 6 heteroatoms. The number of carbonyl (C=O) groups excluding carboxylic acids is 2. The third kappa shape index (κ3) is 3.49. The molecule has 0 aliphatic carbocycles. The molecule has 5 nitrogen and oxygen atoms in total. The lowest BCUT2D eigenvalue weighted by Crippen LogP contribution is -2.36. The fourth-order valence-corrected chi connectivity index (χ4v) is 3.93. The molecule has 1 aromatic heterocycles. The van der Waals surface area contributed by atoms with Crippen molar-refractivity contribution >= 4 is 28.8 Å². The van der Waals surface area contributed by atoms with Crippen LogP contribution >= 0.6 is 11.3 Å². The lowest BCUT2D eigenvalue weighted by molar-refractivity contribution is -0.114. The van der Waals surface area contributed by atoms with Crippen LogP contribution in [0.5, 0.6) is 0 Å². The summed E-state index contributed by atoms with van der Waals surface area (Å²) in [4.78, 5) is 31.0. The minimum absolute atomic E-state index is 0.0992. The van der Waals surface area contributed by atoms with E-state index < -0.39 is 0 Å². The lowest BCUT2D eigenvalue weighted by atomic mass is 9.95. The van der Waals surface area contributed by atoms with Gasteiger partial charge in [0.05, 0.1) is 6.04 Å². The molecule has 2 amide bonds. The van der Waals surface area contributed by atoms with Gasteiger partial charge >= 0.3 is 0 Å². The van der Waals surface area contributed by atoms with Crippen molar-refractivity contribution < 1.29 is 9.59 Å². The molecule has 0 saturated heterocycles. The van der Waals surface area contributed by atoms with Crippen molar-refractivity contribution in [3.8, 4) is 0 Å². The summed E-state index contributed by atoms with van der Waals surface area (Å²) in [7, 11) is 0. The Morgan fingerprint density at radius 1 is 1.48 bits per heavy atom. The number of thiazole rings is 1. The minimum Gasteiger partial charge on any atom is -0.343 e. The first-order chi connectivity index (χ1) is 12.2. The van der Waals surface area contributed by atoms with Gasteiger partial charge in [0.1, 0.15) is 5.01 Å². The van der Waals surface area contributed by atoms with Crippen molar-refractivity contribution in [2.75, 3.05) is 11.4 Å². The SMILES string of the molecule is C=CC(=O)N1CCCc2c(C(=O)NC(CC)c3nccs3)cccc21. The van der Waals surface area contributed by atoms with Crippen LogP contribution in [0, 0.1) is 0 Å². The first-order valence-electron chi connectivity index (χ1n) is 8.41. The maximum absolute atomic E-state index is 12.9. The summed E-state index contributed by atoms with van der Waals surface area (Å²) in [6.07, 6.45) is 5.46. The van der Waals surface area contributed by atoms with E-state index in [0.717, 1.165) is 35.5 Å². The van der Waals surface area contributed by atoms with Crippen LogP contribution in [-0.4, -0.2) is 23.3 Å². The number of amides is 2. The predicted molar refractivity (Wildman–Crippen MR) is 99.9 cm³/mol. The fourth-order valence-electron chi connectivity index (χ4n) is 3.16. The Hall–Kier alpha value is -2.47. The second-order valence-corrected chi connectivity index (χ2v) is 6.83. The predicted octanol–water partition coefficient (Wildman–Crippen LogP) is 3.49. The van der Waals surface area contributed by atoms with Gasteiger partial charge in [0.25, 0.3) is 5.91 Å². The second-order valence-electron chi connectivity index (χ2n) is 5.91. The molecule has 2 heterocycles. The zero-order valence-electron chi connectivity index (χ0n) is 14.2. The first kappa shape index (κ1) is 17.4. The molecule has 0 radical (unpaired) electrons. The molecular weight excluding hydrogens is 334 g/mol. The van der Waals surface area contributed by atoms with E-state index in [4.69, 9.17) is 0 Å². The molecular formula is C19H21N3O2S. The van der Waals surface area contributed by atoms with Gasteiger partial charge in [-0.05, 0) is 43.0 Å². The molecule has 0 spiro atoms. The Kier molecular flexibility index (Phi) is 5.28. The van der Waals surface area contributed by atoms with E-state index in [2.05, 4.69) is 16.9 Å².